The van der Waals surface area contributed by atoms with Crippen LogP contribution in [-0.2, 0) is 11.2 Å². The molecule has 0 aliphatic rings. The Balaban J connectivity index is 2.03. The molecule has 2 aromatic carbocycles. The van der Waals surface area contributed by atoms with E-state index in [1.54, 1.807) is 35.2 Å². The van der Waals surface area contributed by atoms with E-state index in [1.807, 2.05) is 6.92 Å². The molecule has 2 rings (SSSR count). The number of rotatable bonds is 6. The Morgan fingerprint density at radius 1 is 1.05 bits per heavy atom. The minimum Gasteiger partial charge on any atom is -0.362 e. The van der Waals surface area contributed by atoms with Gasteiger partial charge in [0.05, 0.1) is 12.2 Å². The summed E-state index contributed by atoms with van der Waals surface area (Å²) in [7, 11) is 0. The van der Waals surface area contributed by atoms with Crippen LogP contribution >= 0.6 is 0 Å². The second-order valence-corrected chi connectivity index (χ2v) is 4.81. The molecule has 0 aliphatic heterocycles. The first-order valence-electron chi connectivity index (χ1n) is 6.85. The van der Waals surface area contributed by atoms with Crippen LogP contribution in [0.1, 0.15) is 12.5 Å². The van der Waals surface area contributed by atoms with Crippen LogP contribution in [0.5, 0.6) is 0 Å². The number of ketones is 1. The molecule has 110 valence electrons. The van der Waals surface area contributed by atoms with Gasteiger partial charge in [0.25, 0.3) is 0 Å². The quantitative estimate of drug-likeness (QED) is 0.810. The van der Waals surface area contributed by atoms with Gasteiger partial charge in [-0.05, 0) is 36.8 Å². The molecular weight excluding hydrogens is 272 g/mol. The van der Waals surface area contributed by atoms with Crippen molar-refractivity contribution >= 4 is 11.5 Å². The van der Waals surface area contributed by atoms with Gasteiger partial charge in [-0.1, -0.05) is 24.3 Å². The number of halogens is 2. The third kappa shape index (κ3) is 4.12. The number of carbonyl (C=O) groups is 1. The van der Waals surface area contributed by atoms with Crippen LogP contribution in [0.25, 0.3) is 0 Å². The van der Waals surface area contributed by atoms with Crippen molar-refractivity contribution in [1.29, 1.82) is 0 Å². The Bertz CT molecular complexity index is 610. The van der Waals surface area contributed by atoms with Crippen LogP contribution in [0.2, 0.25) is 0 Å². The van der Waals surface area contributed by atoms with E-state index in [1.165, 1.54) is 18.2 Å². The first kappa shape index (κ1) is 15.2. The van der Waals surface area contributed by atoms with Crippen LogP contribution in [0.3, 0.4) is 0 Å². The Labute approximate surface area is 123 Å². The van der Waals surface area contributed by atoms with Crippen molar-refractivity contribution < 1.29 is 13.6 Å². The number of likely N-dealkylation sites (N-methyl/N-ethyl adjacent to an activating group) is 1. The summed E-state index contributed by atoms with van der Waals surface area (Å²) in [5.41, 5.74) is 1.18. The minimum atomic E-state index is -0.339. The van der Waals surface area contributed by atoms with Gasteiger partial charge in [0, 0.05) is 13.0 Å². The van der Waals surface area contributed by atoms with E-state index in [9.17, 15) is 13.6 Å². The summed E-state index contributed by atoms with van der Waals surface area (Å²) in [6.45, 7) is 2.54. The first-order chi connectivity index (χ1) is 10.1. The van der Waals surface area contributed by atoms with E-state index in [0.29, 0.717) is 12.2 Å². The zero-order valence-corrected chi connectivity index (χ0v) is 11.9. The molecule has 0 aliphatic carbocycles. The van der Waals surface area contributed by atoms with Crippen LogP contribution in [0, 0.1) is 11.6 Å². The molecule has 0 amide bonds. The molecule has 0 N–H and O–H groups in total. The maximum atomic E-state index is 13.8. The van der Waals surface area contributed by atoms with Crippen LogP contribution in [0.4, 0.5) is 14.5 Å². The molecule has 0 bridgehead atoms. The van der Waals surface area contributed by atoms with Gasteiger partial charge in [-0.2, -0.15) is 0 Å². The predicted molar refractivity (Wildman–Crippen MR) is 79.4 cm³/mol. The van der Waals surface area contributed by atoms with Crippen molar-refractivity contribution in [3.05, 3.63) is 65.7 Å². The second-order valence-electron chi connectivity index (χ2n) is 4.81. The van der Waals surface area contributed by atoms with Gasteiger partial charge in [0.1, 0.15) is 11.6 Å². The van der Waals surface area contributed by atoms with Gasteiger partial charge in [-0.15, -0.1) is 0 Å². The lowest BCUT2D eigenvalue weighted by Gasteiger charge is -2.22. The number of anilines is 1. The zero-order valence-electron chi connectivity index (χ0n) is 11.9. The number of carbonyl (C=O) groups excluding carboxylic acids is 1. The van der Waals surface area contributed by atoms with Crippen molar-refractivity contribution in [1.82, 2.24) is 0 Å². The average molecular weight is 289 g/mol. The van der Waals surface area contributed by atoms with E-state index in [2.05, 4.69) is 0 Å². The number of para-hydroxylation sites is 1. The van der Waals surface area contributed by atoms with Gasteiger partial charge in [0.2, 0.25) is 0 Å². The van der Waals surface area contributed by atoms with Gasteiger partial charge in [-0.25, -0.2) is 8.78 Å². The third-order valence-corrected chi connectivity index (χ3v) is 3.26. The van der Waals surface area contributed by atoms with E-state index in [4.69, 9.17) is 0 Å². The molecule has 0 radical (unpaired) electrons. The molecular formula is C17H17F2NO. The molecule has 0 aromatic heterocycles. The highest BCUT2D eigenvalue weighted by Crippen LogP contribution is 2.18. The summed E-state index contributed by atoms with van der Waals surface area (Å²) in [6.07, 6.45) is 0.214. The summed E-state index contributed by atoms with van der Waals surface area (Å²) in [4.78, 5) is 13.8. The first-order valence-corrected chi connectivity index (χ1v) is 6.85. The number of nitrogens with zero attached hydrogens (tertiary/aromatic N) is 1. The van der Waals surface area contributed by atoms with Crippen LogP contribution < -0.4 is 4.90 Å². The summed E-state index contributed by atoms with van der Waals surface area (Å²) in [5.74, 6) is -0.701. The van der Waals surface area contributed by atoms with E-state index in [-0.39, 0.29) is 30.4 Å². The fraction of sp³-hybridized carbons (Fsp3) is 0.235. The van der Waals surface area contributed by atoms with E-state index in [0.717, 1.165) is 5.56 Å². The van der Waals surface area contributed by atoms with Crippen molar-refractivity contribution in [2.24, 2.45) is 0 Å². The maximum Gasteiger partial charge on any atom is 0.156 e. The number of benzene rings is 2. The van der Waals surface area contributed by atoms with Crippen molar-refractivity contribution in [3.8, 4) is 0 Å². The highest BCUT2D eigenvalue weighted by molar-refractivity contribution is 5.85. The Kier molecular flexibility index (Phi) is 5.04. The maximum absolute atomic E-state index is 13.8. The molecule has 4 heteroatoms. The number of Topliss-reactive ketones (excluding diaryl/α,β-unsaturated/α-hetero) is 1. The molecule has 0 unspecified atom stereocenters. The average Bonchev–Trinajstić information content (AvgIpc) is 2.48. The molecule has 0 spiro atoms. The second kappa shape index (κ2) is 6.97. The molecule has 0 atom stereocenters. The SMILES string of the molecule is CCN(CC(=O)Cc1ccc(F)cc1)c1ccccc1F. The number of hydrogen-bond donors (Lipinski definition) is 0. The highest BCUT2D eigenvalue weighted by Gasteiger charge is 2.13. The summed E-state index contributed by atoms with van der Waals surface area (Å²) >= 11 is 0. The standard InChI is InChI=1S/C17H17F2NO/c1-2-20(17-6-4-3-5-16(17)19)12-15(21)11-13-7-9-14(18)10-8-13/h3-10H,2,11-12H2,1H3. The lowest BCUT2D eigenvalue weighted by atomic mass is 10.1. The van der Waals surface area contributed by atoms with Gasteiger partial charge >= 0.3 is 0 Å². The topological polar surface area (TPSA) is 20.3 Å². The number of hydrogen-bond acceptors (Lipinski definition) is 2. The van der Waals surface area contributed by atoms with Gasteiger partial charge < -0.3 is 4.90 Å². The molecule has 0 fully saturated rings. The van der Waals surface area contributed by atoms with Crippen LogP contribution in [0.15, 0.2) is 48.5 Å². The van der Waals surface area contributed by atoms with Crippen molar-refractivity contribution in [2.45, 2.75) is 13.3 Å². The normalized spacial score (nSPS) is 10.4. The monoisotopic (exact) mass is 289 g/mol. The fourth-order valence-corrected chi connectivity index (χ4v) is 2.17. The molecule has 0 heterocycles. The predicted octanol–water partition coefficient (Wildman–Crippen LogP) is 3.60. The molecule has 21 heavy (non-hydrogen) atoms. The Morgan fingerprint density at radius 2 is 1.71 bits per heavy atom. The highest BCUT2D eigenvalue weighted by atomic mass is 19.1. The molecule has 0 saturated carbocycles. The van der Waals surface area contributed by atoms with Crippen molar-refractivity contribution in [3.63, 3.8) is 0 Å². The lowest BCUT2D eigenvalue weighted by molar-refractivity contribution is -0.117. The largest absolute Gasteiger partial charge is 0.362 e. The zero-order chi connectivity index (χ0) is 15.2. The van der Waals surface area contributed by atoms with Gasteiger partial charge in [0.15, 0.2) is 5.78 Å². The lowest BCUT2D eigenvalue weighted by Crippen LogP contribution is -2.31. The van der Waals surface area contributed by atoms with Gasteiger partial charge in [-0.3, -0.25) is 4.79 Å². The summed E-state index contributed by atoms with van der Waals surface area (Å²) in [5, 5.41) is 0. The molecule has 0 saturated heterocycles. The fourth-order valence-electron chi connectivity index (χ4n) is 2.17. The van der Waals surface area contributed by atoms with E-state index >= 15 is 0 Å². The third-order valence-electron chi connectivity index (χ3n) is 3.26. The summed E-state index contributed by atoms with van der Waals surface area (Å²) in [6, 6.07) is 12.2. The van der Waals surface area contributed by atoms with E-state index < -0.39 is 0 Å². The smallest absolute Gasteiger partial charge is 0.156 e. The summed E-state index contributed by atoms with van der Waals surface area (Å²) < 4.78 is 26.6. The minimum absolute atomic E-state index is 0.0355. The Morgan fingerprint density at radius 3 is 2.33 bits per heavy atom. The Hall–Kier alpha value is -2.23. The molecule has 2 aromatic rings. The van der Waals surface area contributed by atoms with Crippen molar-refractivity contribution in [2.75, 3.05) is 18.0 Å². The van der Waals surface area contributed by atoms with Crippen LogP contribution in [-0.4, -0.2) is 18.9 Å². The molecule has 2 nitrogen and oxygen atoms in total.